The van der Waals surface area contributed by atoms with E-state index in [1.54, 1.807) is 0 Å². The molecule has 26 heavy (non-hydrogen) atoms. The lowest BCUT2D eigenvalue weighted by Crippen LogP contribution is -2.23. The third-order valence-electron chi connectivity index (χ3n) is 5.57. The lowest BCUT2D eigenvalue weighted by Gasteiger charge is -2.23. The van der Waals surface area contributed by atoms with Gasteiger partial charge in [-0.05, 0) is 54.7 Å². The van der Waals surface area contributed by atoms with Gasteiger partial charge in [-0.15, -0.1) is 0 Å². The summed E-state index contributed by atoms with van der Waals surface area (Å²) in [6.45, 7) is 4.28. The van der Waals surface area contributed by atoms with Gasteiger partial charge in [0.2, 0.25) is 5.91 Å². The summed E-state index contributed by atoms with van der Waals surface area (Å²) in [6.07, 6.45) is 0.849. The van der Waals surface area contributed by atoms with Crippen LogP contribution in [0.3, 0.4) is 0 Å². The Morgan fingerprint density at radius 3 is 1.85 bits per heavy atom. The number of rotatable bonds is 4. The van der Waals surface area contributed by atoms with Crippen LogP contribution in [0.5, 0.6) is 0 Å². The number of amides is 1. The lowest BCUT2D eigenvalue weighted by molar-refractivity contribution is -0.117. The van der Waals surface area contributed by atoms with E-state index in [1.807, 2.05) is 30.3 Å². The molecule has 0 heterocycles. The van der Waals surface area contributed by atoms with Gasteiger partial charge in [0.1, 0.15) is 0 Å². The highest BCUT2D eigenvalue weighted by Crippen LogP contribution is 2.60. The molecule has 0 aliphatic heterocycles. The third-order valence-corrected chi connectivity index (χ3v) is 5.57. The van der Waals surface area contributed by atoms with Crippen molar-refractivity contribution in [1.29, 1.82) is 0 Å². The maximum Gasteiger partial charge on any atom is 0.228 e. The van der Waals surface area contributed by atoms with Crippen LogP contribution >= 0.6 is 0 Å². The van der Waals surface area contributed by atoms with Crippen molar-refractivity contribution in [3.63, 3.8) is 0 Å². The molecule has 1 fully saturated rings. The molecule has 0 unspecified atom stereocenters. The molecule has 3 aromatic rings. The fourth-order valence-corrected chi connectivity index (χ4v) is 4.22. The highest BCUT2D eigenvalue weighted by Gasteiger charge is 2.61. The molecular weight excluding hydrogens is 318 g/mol. The zero-order valence-electron chi connectivity index (χ0n) is 15.2. The van der Waals surface area contributed by atoms with Crippen molar-refractivity contribution in [2.24, 2.45) is 5.92 Å². The van der Waals surface area contributed by atoms with Crippen molar-refractivity contribution in [1.82, 2.24) is 0 Å². The number of carbonyl (C=O) groups excluding carboxylic acids is 1. The molecule has 0 radical (unpaired) electrons. The first-order valence-electron chi connectivity index (χ1n) is 9.11. The van der Waals surface area contributed by atoms with Crippen LogP contribution in [-0.4, -0.2) is 5.91 Å². The van der Waals surface area contributed by atoms with E-state index in [9.17, 15) is 4.79 Å². The average Bonchev–Trinajstić information content (AvgIpc) is 3.40. The molecular formula is C24H23NO. The normalized spacial score (nSPS) is 17.5. The standard InChI is InChI=1S/C24H23NO/c1-17-10-6-8-14-20(17)24(21-15-9-7-11-18(21)2)16-22(24)23(26)25-19-12-4-3-5-13-19/h3-15,22H,16H2,1-2H3,(H,25,26)/t22-/m1/s1. The van der Waals surface area contributed by atoms with Crippen LogP contribution in [0, 0.1) is 19.8 Å². The van der Waals surface area contributed by atoms with Crippen molar-refractivity contribution < 1.29 is 4.79 Å². The number of hydrogen-bond donors (Lipinski definition) is 1. The lowest BCUT2D eigenvalue weighted by atomic mass is 9.81. The van der Waals surface area contributed by atoms with Crippen LogP contribution in [0.25, 0.3) is 0 Å². The van der Waals surface area contributed by atoms with E-state index in [1.165, 1.54) is 22.3 Å². The minimum absolute atomic E-state index is 0.0510. The minimum Gasteiger partial charge on any atom is -0.326 e. The summed E-state index contributed by atoms with van der Waals surface area (Å²) in [5.74, 6) is 0.0487. The van der Waals surface area contributed by atoms with E-state index in [-0.39, 0.29) is 17.2 Å². The van der Waals surface area contributed by atoms with Crippen LogP contribution in [0.2, 0.25) is 0 Å². The molecule has 0 spiro atoms. The van der Waals surface area contributed by atoms with Crippen molar-refractivity contribution in [2.45, 2.75) is 25.7 Å². The summed E-state index contributed by atoms with van der Waals surface area (Å²) in [5.41, 5.74) is 5.64. The van der Waals surface area contributed by atoms with Gasteiger partial charge in [-0.2, -0.15) is 0 Å². The minimum atomic E-state index is -0.227. The molecule has 1 N–H and O–H groups in total. The Morgan fingerprint density at radius 2 is 1.31 bits per heavy atom. The van der Waals surface area contributed by atoms with E-state index >= 15 is 0 Å². The number of para-hydroxylation sites is 1. The third kappa shape index (κ3) is 2.72. The van der Waals surface area contributed by atoms with E-state index in [0.717, 1.165) is 12.1 Å². The van der Waals surface area contributed by atoms with E-state index in [4.69, 9.17) is 0 Å². The van der Waals surface area contributed by atoms with Crippen LogP contribution in [0.4, 0.5) is 5.69 Å². The molecule has 0 bridgehead atoms. The average molecular weight is 341 g/mol. The summed E-state index contributed by atoms with van der Waals surface area (Å²) in [4.78, 5) is 13.0. The molecule has 3 aromatic carbocycles. The van der Waals surface area contributed by atoms with Crippen LogP contribution in [-0.2, 0) is 10.2 Å². The topological polar surface area (TPSA) is 29.1 Å². The van der Waals surface area contributed by atoms with Gasteiger partial charge in [-0.3, -0.25) is 4.79 Å². The van der Waals surface area contributed by atoms with Crippen LogP contribution in [0.15, 0.2) is 78.9 Å². The van der Waals surface area contributed by atoms with Crippen molar-refractivity contribution in [3.05, 3.63) is 101 Å². The first kappa shape index (κ1) is 16.6. The van der Waals surface area contributed by atoms with Gasteiger partial charge in [0.15, 0.2) is 0 Å². The molecule has 4 rings (SSSR count). The second-order valence-corrected chi connectivity index (χ2v) is 7.21. The first-order chi connectivity index (χ1) is 12.6. The van der Waals surface area contributed by atoms with E-state index in [2.05, 4.69) is 67.7 Å². The van der Waals surface area contributed by atoms with E-state index in [0.29, 0.717) is 0 Å². The Labute approximate surface area is 154 Å². The molecule has 0 aromatic heterocycles. The molecule has 2 heteroatoms. The van der Waals surface area contributed by atoms with Crippen molar-refractivity contribution >= 4 is 11.6 Å². The number of nitrogens with one attached hydrogen (secondary N) is 1. The van der Waals surface area contributed by atoms with Gasteiger partial charge in [0, 0.05) is 11.1 Å². The number of aryl methyl sites for hydroxylation is 2. The largest absolute Gasteiger partial charge is 0.326 e. The molecule has 1 saturated carbocycles. The van der Waals surface area contributed by atoms with Crippen LogP contribution < -0.4 is 5.32 Å². The molecule has 1 atom stereocenters. The number of hydrogen-bond acceptors (Lipinski definition) is 1. The van der Waals surface area contributed by atoms with Gasteiger partial charge in [-0.1, -0.05) is 66.7 Å². The Balaban J connectivity index is 1.74. The van der Waals surface area contributed by atoms with Crippen molar-refractivity contribution in [2.75, 3.05) is 5.32 Å². The fraction of sp³-hybridized carbons (Fsp3) is 0.208. The zero-order valence-corrected chi connectivity index (χ0v) is 15.2. The maximum atomic E-state index is 13.0. The molecule has 0 saturated heterocycles. The smallest absolute Gasteiger partial charge is 0.228 e. The number of carbonyl (C=O) groups is 1. The fourth-order valence-electron chi connectivity index (χ4n) is 4.22. The van der Waals surface area contributed by atoms with Gasteiger partial charge in [0.25, 0.3) is 0 Å². The molecule has 130 valence electrons. The summed E-state index contributed by atoms with van der Waals surface area (Å²) < 4.78 is 0. The van der Waals surface area contributed by atoms with Gasteiger partial charge in [0.05, 0.1) is 5.92 Å². The molecule has 1 aliphatic rings. The highest BCUT2D eigenvalue weighted by atomic mass is 16.2. The summed E-state index contributed by atoms with van der Waals surface area (Å²) in [5, 5.41) is 3.10. The summed E-state index contributed by atoms with van der Waals surface area (Å²) >= 11 is 0. The molecule has 2 nitrogen and oxygen atoms in total. The Bertz CT molecular complexity index is 900. The Hall–Kier alpha value is -2.87. The summed E-state index contributed by atoms with van der Waals surface area (Å²) in [7, 11) is 0. The monoisotopic (exact) mass is 341 g/mol. The predicted octanol–water partition coefficient (Wildman–Crippen LogP) is 5.25. The van der Waals surface area contributed by atoms with Crippen LogP contribution in [0.1, 0.15) is 28.7 Å². The SMILES string of the molecule is Cc1ccccc1C1(c2ccccc2C)C[C@@H]1C(=O)Nc1ccccc1. The summed E-state index contributed by atoms with van der Waals surface area (Å²) in [6, 6.07) is 26.6. The van der Waals surface area contributed by atoms with Gasteiger partial charge in [-0.25, -0.2) is 0 Å². The highest BCUT2D eigenvalue weighted by molar-refractivity contribution is 5.97. The second kappa shape index (κ2) is 6.45. The van der Waals surface area contributed by atoms with Gasteiger partial charge < -0.3 is 5.32 Å². The molecule has 1 amide bonds. The number of benzene rings is 3. The van der Waals surface area contributed by atoms with Crippen molar-refractivity contribution in [3.8, 4) is 0 Å². The second-order valence-electron chi connectivity index (χ2n) is 7.21. The predicted molar refractivity (Wildman–Crippen MR) is 106 cm³/mol. The zero-order chi connectivity index (χ0) is 18.1. The first-order valence-corrected chi connectivity index (χ1v) is 9.11. The maximum absolute atomic E-state index is 13.0. The Kier molecular flexibility index (Phi) is 4.12. The van der Waals surface area contributed by atoms with Gasteiger partial charge >= 0.3 is 0 Å². The Morgan fingerprint density at radius 1 is 0.808 bits per heavy atom. The molecule has 1 aliphatic carbocycles. The quantitative estimate of drug-likeness (QED) is 0.690. The van der Waals surface area contributed by atoms with E-state index < -0.39 is 0 Å². The number of anilines is 1.